The average Bonchev–Trinajstić information content (AvgIpc) is 2.74. The number of hydrogen-bond donors (Lipinski definition) is 2. The summed E-state index contributed by atoms with van der Waals surface area (Å²) in [5.74, 6) is 0.412. The number of anilines is 2. The van der Waals surface area contributed by atoms with Gasteiger partial charge in [-0.2, -0.15) is 0 Å². The number of likely N-dealkylation sites (tertiary alicyclic amines) is 1. The SMILES string of the molecule is COc1ccc(C)cc1NC(=O)[C@@H](C)N1CCC[C@H](C(=O)Nc2ccccc2)C1. The number of piperidine rings is 1. The Kier molecular flexibility index (Phi) is 6.88. The van der Waals surface area contributed by atoms with E-state index in [4.69, 9.17) is 4.74 Å². The molecule has 0 spiro atoms. The summed E-state index contributed by atoms with van der Waals surface area (Å²) in [7, 11) is 1.59. The van der Waals surface area contributed by atoms with Crippen molar-refractivity contribution in [1.29, 1.82) is 0 Å². The van der Waals surface area contributed by atoms with Crippen molar-refractivity contribution in [1.82, 2.24) is 4.90 Å². The molecule has 1 aliphatic heterocycles. The third kappa shape index (κ3) is 5.35. The first-order chi connectivity index (χ1) is 14.0. The van der Waals surface area contributed by atoms with E-state index >= 15 is 0 Å². The van der Waals surface area contributed by atoms with Gasteiger partial charge in [0.15, 0.2) is 0 Å². The molecule has 3 rings (SSSR count). The number of ether oxygens (including phenoxy) is 1. The molecule has 1 heterocycles. The van der Waals surface area contributed by atoms with Crippen LogP contribution in [0.3, 0.4) is 0 Å². The smallest absolute Gasteiger partial charge is 0.241 e. The van der Waals surface area contributed by atoms with E-state index in [-0.39, 0.29) is 23.8 Å². The number of amides is 2. The minimum absolute atomic E-state index is 0.00821. The molecule has 2 aromatic rings. The molecule has 1 fully saturated rings. The third-order valence-corrected chi connectivity index (χ3v) is 5.40. The van der Waals surface area contributed by atoms with Crippen molar-refractivity contribution < 1.29 is 14.3 Å². The molecule has 2 N–H and O–H groups in total. The number of benzene rings is 2. The Morgan fingerprint density at radius 2 is 1.90 bits per heavy atom. The molecule has 2 amide bonds. The fourth-order valence-corrected chi connectivity index (χ4v) is 3.66. The van der Waals surface area contributed by atoms with Crippen LogP contribution in [0, 0.1) is 12.8 Å². The highest BCUT2D eigenvalue weighted by Gasteiger charge is 2.31. The van der Waals surface area contributed by atoms with E-state index in [9.17, 15) is 9.59 Å². The number of carbonyl (C=O) groups is 2. The Bertz CT molecular complexity index is 854. The summed E-state index contributed by atoms with van der Waals surface area (Å²) in [5, 5.41) is 5.96. The molecule has 1 aliphatic rings. The molecule has 0 bridgehead atoms. The summed E-state index contributed by atoms with van der Waals surface area (Å²) < 4.78 is 5.35. The lowest BCUT2D eigenvalue weighted by molar-refractivity contribution is -0.125. The van der Waals surface area contributed by atoms with E-state index in [0.717, 1.165) is 30.6 Å². The lowest BCUT2D eigenvalue weighted by Crippen LogP contribution is -2.49. The lowest BCUT2D eigenvalue weighted by Gasteiger charge is -2.35. The monoisotopic (exact) mass is 395 g/mol. The summed E-state index contributed by atoms with van der Waals surface area (Å²) in [6.07, 6.45) is 1.72. The largest absolute Gasteiger partial charge is 0.495 e. The van der Waals surface area contributed by atoms with Crippen molar-refractivity contribution >= 4 is 23.2 Å². The molecule has 0 radical (unpaired) electrons. The van der Waals surface area contributed by atoms with Gasteiger partial charge in [0.1, 0.15) is 5.75 Å². The summed E-state index contributed by atoms with van der Waals surface area (Å²) in [4.78, 5) is 27.6. The van der Waals surface area contributed by atoms with Crippen molar-refractivity contribution in [2.24, 2.45) is 5.92 Å². The van der Waals surface area contributed by atoms with Gasteiger partial charge in [0.25, 0.3) is 0 Å². The van der Waals surface area contributed by atoms with E-state index in [1.165, 1.54) is 0 Å². The summed E-state index contributed by atoms with van der Waals surface area (Å²) in [6, 6.07) is 14.8. The molecule has 0 unspecified atom stereocenters. The molecule has 1 saturated heterocycles. The average molecular weight is 396 g/mol. The summed E-state index contributed by atoms with van der Waals surface area (Å²) >= 11 is 0. The number of rotatable bonds is 6. The maximum absolute atomic E-state index is 12.8. The molecular formula is C23H29N3O3. The van der Waals surface area contributed by atoms with Crippen molar-refractivity contribution in [3.05, 3.63) is 54.1 Å². The van der Waals surface area contributed by atoms with Gasteiger partial charge < -0.3 is 15.4 Å². The highest BCUT2D eigenvalue weighted by atomic mass is 16.5. The molecule has 0 aliphatic carbocycles. The van der Waals surface area contributed by atoms with Crippen LogP contribution in [0.4, 0.5) is 11.4 Å². The van der Waals surface area contributed by atoms with Gasteiger partial charge in [0.2, 0.25) is 11.8 Å². The number of carbonyl (C=O) groups excluding carboxylic acids is 2. The molecule has 0 saturated carbocycles. The van der Waals surface area contributed by atoms with Crippen LogP contribution in [-0.4, -0.2) is 43.0 Å². The van der Waals surface area contributed by atoms with Crippen molar-refractivity contribution in [2.75, 3.05) is 30.8 Å². The zero-order valence-electron chi connectivity index (χ0n) is 17.3. The molecule has 2 aromatic carbocycles. The lowest BCUT2D eigenvalue weighted by atomic mass is 9.95. The van der Waals surface area contributed by atoms with Gasteiger partial charge in [-0.05, 0) is 63.1 Å². The van der Waals surface area contributed by atoms with E-state index in [1.807, 2.05) is 62.4 Å². The Hall–Kier alpha value is -2.86. The van der Waals surface area contributed by atoms with E-state index in [0.29, 0.717) is 18.0 Å². The number of para-hydroxylation sites is 1. The van der Waals surface area contributed by atoms with Gasteiger partial charge in [0, 0.05) is 12.2 Å². The zero-order valence-corrected chi connectivity index (χ0v) is 17.3. The quantitative estimate of drug-likeness (QED) is 0.783. The van der Waals surface area contributed by atoms with Crippen LogP contribution in [0.1, 0.15) is 25.3 Å². The molecule has 29 heavy (non-hydrogen) atoms. The van der Waals surface area contributed by atoms with Gasteiger partial charge >= 0.3 is 0 Å². The standard InChI is InChI=1S/C23H29N3O3/c1-16-11-12-21(29-3)20(14-16)25-22(27)17(2)26-13-7-8-18(15-26)23(28)24-19-9-5-4-6-10-19/h4-6,9-12,14,17-18H,7-8,13,15H2,1-3H3,(H,24,28)(H,25,27)/t17-,18+/m1/s1. The van der Waals surface area contributed by atoms with Gasteiger partial charge in [-0.1, -0.05) is 24.3 Å². The van der Waals surface area contributed by atoms with Gasteiger partial charge in [-0.15, -0.1) is 0 Å². The molecule has 154 valence electrons. The van der Waals surface area contributed by atoms with E-state index in [1.54, 1.807) is 7.11 Å². The van der Waals surface area contributed by atoms with Crippen LogP contribution >= 0.6 is 0 Å². The fraction of sp³-hybridized carbons (Fsp3) is 0.391. The van der Waals surface area contributed by atoms with E-state index < -0.39 is 0 Å². The summed E-state index contributed by atoms with van der Waals surface area (Å²) in [5.41, 5.74) is 2.51. The van der Waals surface area contributed by atoms with Crippen LogP contribution in [-0.2, 0) is 9.59 Å². The normalized spacial score (nSPS) is 18.0. The van der Waals surface area contributed by atoms with E-state index in [2.05, 4.69) is 15.5 Å². The van der Waals surface area contributed by atoms with Crippen LogP contribution in [0.15, 0.2) is 48.5 Å². The van der Waals surface area contributed by atoms with Crippen LogP contribution in [0.25, 0.3) is 0 Å². The molecule has 6 nitrogen and oxygen atoms in total. The first kappa shape index (κ1) is 20.9. The first-order valence-electron chi connectivity index (χ1n) is 10.0. The number of nitrogens with zero attached hydrogens (tertiary/aromatic N) is 1. The minimum Gasteiger partial charge on any atom is -0.495 e. The Morgan fingerprint density at radius 1 is 1.14 bits per heavy atom. The van der Waals surface area contributed by atoms with Crippen LogP contribution < -0.4 is 15.4 Å². The predicted octanol–water partition coefficient (Wildman–Crippen LogP) is 3.68. The zero-order chi connectivity index (χ0) is 20.8. The highest BCUT2D eigenvalue weighted by molar-refractivity contribution is 5.96. The maximum atomic E-state index is 12.8. The molecule has 6 heteroatoms. The third-order valence-electron chi connectivity index (χ3n) is 5.40. The Labute approximate surface area is 172 Å². The molecule has 0 aromatic heterocycles. The van der Waals surface area contributed by atoms with Gasteiger partial charge in [-0.25, -0.2) is 0 Å². The van der Waals surface area contributed by atoms with Crippen molar-refractivity contribution in [3.63, 3.8) is 0 Å². The maximum Gasteiger partial charge on any atom is 0.241 e. The second kappa shape index (κ2) is 9.56. The summed E-state index contributed by atoms with van der Waals surface area (Å²) in [6.45, 7) is 5.22. The highest BCUT2D eigenvalue weighted by Crippen LogP contribution is 2.26. The number of hydrogen-bond acceptors (Lipinski definition) is 4. The second-order valence-corrected chi connectivity index (χ2v) is 7.56. The second-order valence-electron chi connectivity index (χ2n) is 7.56. The van der Waals surface area contributed by atoms with Crippen molar-refractivity contribution in [3.8, 4) is 5.75 Å². The van der Waals surface area contributed by atoms with Crippen LogP contribution in [0.5, 0.6) is 5.75 Å². The van der Waals surface area contributed by atoms with Crippen LogP contribution in [0.2, 0.25) is 0 Å². The predicted molar refractivity (Wildman–Crippen MR) is 115 cm³/mol. The minimum atomic E-state index is -0.340. The van der Waals surface area contributed by atoms with Gasteiger partial charge in [0.05, 0.1) is 24.8 Å². The first-order valence-corrected chi connectivity index (χ1v) is 10.0. The molecular weight excluding hydrogens is 366 g/mol. The topological polar surface area (TPSA) is 70.7 Å². The van der Waals surface area contributed by atoms with Gasteiger partial charge in [-0.3, -0.25) is 14.5 Å². The fourth-order valence-electron chi connectivity index (χ4n) is 3.66. The molecule has 2 atom stereocenters. The number of methoxy groups -OCH3 is 1. The number of aryl methyl sites for hydroxylation is 1. The van der Waals surface area contributed by atoms with Crippen molar-refractivity contribution in [2.45, 2.75) is 32.7 Å². The Balaban J connectivity index is 1.61. The number of nitrogens with one attached hydrogen (secondary N) is 2. The Morgan fingerprint density at radius 3 is 2.62 bits per heavy atom.